The van der Waals surface area contributed by atoms with Crippen LogP contribution in [0.25, 0.3) is 0 Å². The second-order valence-electron chi connectivity index (χ2n) is 4.93. The molecule has 0 unspecified atom stereocenters. The van der Waals surface area contributed by atoms with Crippen molar-refractivity contribution in [2.75, 3.05) is 0 Å². The van der Waals surface area contributed by atoms with Crippen molar-refractivity contribution in [3.63, 3.8) is 0 Å². The van der Waals surface area contributed by atoms with E-state index in [0.29, 0.717) is 0 Å². The van der Waals surface area contributed by atoms with Crippen LogP contribution in [0.3, 0.4) is 0 Å². The van der Waals surface area contributed by atoms with Gasteiger partial charge in [-0.15, -0.1) is 0 Å². The number of ether oxygens (including phenoxy) is 2. The average Bonchev–Trinajstić information content (AvgIpc) is 2.52. The number of hydrogen-bond donors (Lipinski definition) is 0. The summed E-state index contributed by atoms with van der Waals surface area (Å²) in [4.78, 5) is 22.4. The molecule has 4 nitrogen and oxygen atoms in total. The first-order chi connectivity index (χ1) is 11.1. The van der Waals surface area contributed by atoms with Gasteiger partial charge in [0.2, 0.25) is 0 Å². The Morgan fingerprint density at radius 3 is 1.21 bits per heavy atom. The van der Waals surface area contributed by atoms with Gasteiger partial charge in [0.05, 0.1) is 11.1 Å². The number of esters is 2. The summed E-state index contributed by atoms with van der Waals surface area (Å²) in [6.07, 6.45) is 0. The van der Waals surface area contributed by atoms with E-state index in [1.807, 2.05) is 0 Å². The lowest BCUT2D eigenvalue weighted by atomic mass is 10.1. The van der Waals surface area contributed by atoms with Crippen LogP contribution in [0.15, 0.2) is 24.3 Å². The molecular weight excluding hydrogens is 332 g/mol. The normalized spacial score (nSPS) is 10.2. The fourth-order valence-electron chi connectivity index (χ4n) is 1.50. The van der Waals surface area contributed by atoms with Crippen molar-refractivity contribution in [2.24, 2.45) is 0 Å². The predicted octanol–water partition coefficient (Wildman–Crippen LogP) is 3.48. The Labute approximate surface area is 135 Å². The maximum absolute atomic E-state index is 13.9. The minimum Gasteiger partial charge on any atom is -0.457 e. The zero-order valence-electron chi connectivity index (χ0n) is 13.0. The lowest BCUT2D eigenvalue weighted by molar-refractivity contribution is -0.141. The first kappa shape index (κ1) is 19.4. The fourth-order valence-corrected chi connectivity index (χ4v) is 1.50. The molecule has 0 aliphatic heterocycles. The van der Waals surface area contributed by atoms with Crippen molar-refractivity contribution >= 4 is 11.9 Å². The molecule has 0 atom stereocenters. The third kappa shape index (κ3) is 4.21. The lowest BCUT2D eigenvalue weighted by Crippen LogP contribution is -2.14. The van der Waals surface area contributed by atoms with Gasteiger partial charge in [-0.25, -0.2) is 27.2 Å². The first-order valence-corrected chi connectivity index (χ1v) is 6.56. The maximum Gasteiger partial charge on any atom is 0.333 e. The smallest absolute Gasteiger partial charge is 0.333 e. The quantitative estimate of drug-likeness (QED) is 0.342. The van der Waals surface area contributed by atoms with Gasteiger partial charge in [-0.05, 0) is 13.8 Å². The summed E-state index contributed by atoms with van der Waals surface area (Å²) in [7, 11) is 0. The molecule has 8 heteroatoms. The number of halogens is 4. The van der Waals surface area contributed by atoms with E-state index in [0.717, 1.165) is 0 Å². The van der Waals surface area contributed by atoms with E-state index in [-0.39, 0.29) is 11.1 Å². The molecule has 1 aromatic rings. The van der Waals surface area contributed by atoms with Crippen LogP contribution in [0.1, 0.15) is 25.0 Å². The Morgan fingerprint density at radius 1 is 0.750 bits per heavy atom. The summed E-state index contributed by atoms with van der Waals surface area (Å²) in [6, 6.07) is 0. The zero-order valence-corrected chi connectivity index (χ0v) is 13.0. The van der Waals surface area contributed by atoms with E-state index >= 15 is 0 Å². The van der Waals surface area contributed by atoms with Gasteiger partial charge in [-0.2, -0.15) is 0 Å². The van der Waals surface area contributed by atoms with E-state index in [9.17, 15) is 27.2 Å². The van der Waals surface area contributed by atoms with Crippen molar-refractivity contribution in [3.8, 4) is 0 Å². The Kier molecular flexibility index (Phi) is 6.27. The van der Waals surface area contributed by atoms with Gasteiger partial charge in [0.1, 0.15) is 13.2 Å². The highest BCUT2D eigenvalue weighted by molar-refractivity contribution is 5.87. The van der Waals surface area contributed by atoms with Crippen LogP contribution in [0, 0.1) is 23.3 Å². The molecule has 0 amide bonds. The van der Waals surface area contributed by atoms with E-state index in [1.54, 1.807) is 0 Å². The zero-order chi connectivity index (χ0) is 18.6. The lowest BCUT2D eigenvalue weighted by Gasteiger charge is -2.12. The van der Waals surface area contributed by atoms with Crippen molar-refractivity contribution < 1.29 is 36.6 Å². The molecule has 0 aliphatic rings. The van der Waals surface area contributed by atoms with Gasteiger partial charge < -0.3 is 9.47 Å². The van der Waals surface area contributed by atoms with Gasteiger partial charge in [-0.1, -0.05) is 13.2 Å². The maximum atomic E-state index is 13.9. The number of benzene rings is 1. The summed E-state index contributed by atoms with van der Waals surface area (Å²) in [6.45, 7) is 7.03. The highest BCUT2D eigenvalue weighted by Crippen LogP contribution is 2.26. The van der Waals surface area contributed by atoms with E-state index in [2.05, 4.69) is 22.6 Å². The van der Waals surface area contributed by atoms with Crippen LogP contribution in [-0.2, 0) is 32.3 Å². The topological polar surface area (TPSA) is 52.6 Å². The standard InChI is InChI=1S/C16H14F4O4/c1-7(2)15(21)23-5-9-11(17)13(19)10(14(20)12(9)18)6-24-16(22)8(3)4/h1,3,5-6H2,2,4H3. The number of rotatable bonds is 6. The van der Waals surface area contributed by atoms with Crippen LogP contribution < -0.4 is 0 Å². The highest BCUT2D eigenvalue weighted by Gasteiger charge is 2.27. The Bertz CT molecular complexity index is 635. The molecule has 0 heterocycles. The van der Waals surface area contributed by atoms with Crippen LogP contribution in [0.4, 0.5) is 17.6 Å². The van der Waals surface area contributed by atoms with E-state index < -0.39 is 59.5 Å². The number of carbonyl (C=O) groups is 2. The predicted molar refractivity (Wildman–Crippen MR) is 75.5 cm³/mol. The van der Waals surface area contributed by atoms with E-state index in [1.165, 1.54) is 13.8 Å². The molecule has 1 aromatic carbocycles. The first-order valence-electron chi connectivity index (χ1n) is 6.56. The Balaban J connectivity index is 3.11. The molecule has 0 saturated carbocycles. The van der Waals surface area contributed by atoms with Crippen molar-refractivity contribution in [1.29, 1.82) is 0 Å². The van der Waals surface area contributed by atoms with Gasteiger partial charge >= 0.3 is 11.9 Å². The molecule has 0 N–H and O–H groups in total. The summed E-state index contributed by atoms with van der Waals surface area (Å²) in [5.74, 6) is -8.94. The molecule has 24 heavy (non-hydrogen) atoms. The second kappa shape index (κ2) is 7.76. The molecule has 0 radical (unpaired) electrons. The fraction of sp³-hybridized carbons (Fsp3) is 0.250. The molecule has 0 saturated heterocycles. The molecule has 0 spiro atoms. The average molecular weight is 346 g/mol. The SMILES string of the molecule is C=C(C)C(=O)OCc1c(F)c(F)c(COC(=O)C(=C)C)c(F)c1F. The largest absolute Gasteiger partial charge is 0.457 e. The molecule has 0 bridgehead atoms. The molecule has 0 fully saturated rings. The third-order valence-electron chi connectivity index (χ3n) is 2.84. The van der Waals surface area contributed by atoms with Crippen molar-refractivity contribution in [1.82, 2.24) is 0 Å². The highest BCUT2D eigenvalue weighted by atomic mass is 19.2. The summed E-state index contributed by atoms with van der Waals surface area (Å²) < 4.78 is 64.5. The Hall–Kier alpha value is -2.64. The number of hydrogen-bond acceptors (Lipinski definition) is 4. The van der Waals surface area contributed by atoms with Gasteiger partial charge in [-0.3, -0.25) is 0 Å². The summed E-state index contributed by atoms with van der Waals surface area (Å²) >= 11 is 0. The van der Waals surface area contributed by atoms with Crippen LogP contribution in [0.5, 0.6) is 0 Å². The minimum atomic E-state index is -1.75. The summed E-state index contributed by atoms with van der Waals surface area (Å²) in [5, 5.41) is 0. The van der Waals surface area contributed by atoms with E-state index in [4.69, 9.17) is 0 Å². The Morgan fingerprint density at radius 2 is 1.00 bits per heavy atom. The van der Waals surface area contributed by atoms with Crippen LogP contribution in [0.2, 0.25) is 0 Å². The van der Waals surface area contributed by atoms with Gasteiger partial charge in [0, 0.05) is 11.1 Å². The van der Waals surface area contributed by atoms with Crippen LogP contribution in [-0.4, -0.2) is 11.9 Å². The second-order valence-corrected chi connectivity index (χ2v) is 4.93. The third-order valence-corrected chi connectivity index (χ3v) is 2.84. The van der Waals surface area contributed by atoms with Crippen LogP contribution >= 0.6 is 0 Å². The van der Waals surface area contributed by atoms with Crippen molar-refractivity contribution in [3.05, 3.63) is 58.7 Å². The number of carbonyl (C=O) groups excluding carboxylic acids is 2. The monoisotopic (exact) mass is 346 g/mol. The molecule has 0 aromatic heterocycles. The molecule has 130 valence electrons. The molecule has 0 aliphatic carbocycles. The summed E-state index contributed by atoms with van der Waals surface area (Å²) in [5.41, 5.74) is -2.32. The van der Waals surface area contributed by atoms with Gasteiger partial charge in [0.15, 0.2) is 23.3 Å². The molecular formula is C16H14F4O4. The van der Waals surface area contributed by atoms with Gasteiger partial charge in [0.25, 0.3) is 0 Å². The molecule has 1 rings (SSSR count). The van der Waals surface area contributed by atoms with Crippen molar-refractivity contribution in [2.45, 2.75) is 27.1 Å². The minimum absolute atomic E-state index is 0.0555.